The lowest BCUT2D eigenvalue weighted by molar-refractivity contribution is 1.11. The van der Waals surface area contributed by atoms with Gasteiger partial charge in [0.05, 0.1) is 28.0 Å². The highest BCUT2D eigenvalue weighted by Crippen LogP contribution is 2.33. The van der Waals surface area contributed by atoms with Crippen LogP contribution in [0, 0.1) is 18.3 Å². The summed E-state index contributed by atoms with van der Waals surface area (Å²) < 4.78 is 0.874. The Kier molecular flexibility index (Phi) is 3.72. The van der Waals surface area contributed by atoms with E-state index in [1.54, 1.807) is 18.3 Å². The Morgan fingerprint density at radius 3 is 2.53 bits per heavy atom. The predicted molar refractivity (Wildman–Crippen MR) is 80.3 cm³/mol. The first-order chi connectivity index (χ1) is 9.04. The number of nitrogen functional groups attached to an aromatic ring is 1. The molecule has 0 amide bonds. The maximum Gasteiger partial charge on any atom is 0.147 e. The fraction of sp³-hybridized carbons (Fsp3) is 0.143. The van der Waals surface area contributed by atoms with E-state index in [9.17, 15) is 0 Å². The number of nitriles is 1. The zero-order valence-electron chi connectivity index (χ0n) is 10.7. The van der Waals surface area contributed by atoms with Gasteiger partial charge in [0.15, 0.2) is 0 Å². The van der Waals surface area contributed by atoms with Crippen molar-refractivity contribution < 1.29 is 0 Å². The van der Waals surface area contributed by atoms with Gasteiger partial charge in [-0.3, -0.25) is 0 Å². The Morgan fingerprint density at radius 1 is 1.32 bits per heavy atom. The number of nitrogens with two attached hydrogens (primary N) is 1. The van der Waals surface area contributed by atoms with Crippen LogP contribution >= 0.6 is 15.9 Å². The average molecular weight is 317 g/mol. The van der Waals surface area contributed by atoms with Gasteiger partial charge in [0.1, 0.15) is 5.82 Å². The lowest BCUT2D eigenvalue weighted by atomic mass is 10.2. The minimum absolute atomic E-state index is 0.637. The van der Waals surface area contributed by atoms with Crippen molar-refractivity contribution in [3.8, 4) is 6.07 Å². The number of aromatic nitrogens is 1. The molecule has 0 unspecified atom stereocenters. The quantitative estimate of drug-likeness (QED) is 0.922. The molecule has 0 bridgehead atoms. The van der Waals surface area contributed by atoms with E-state index in [0.29, 0.717) is 11.3 Å². The van der Waals surface area contributed by atoms with Crippen LogP contribution in [0.1, 0.15) is 11.1 Å². The SMILES string of the molecule is Cc1c(N)cnc(N(C)c2ccc(C#N)cc2)c1Br. The van der Waals surface area contributed by atoms with Crippen LogP contribution in [0.3, 0.4) is 0 Å². The smallest absolute Gasteiger partial charge is 0.147 e. The van der Waals surface area contributed by atoms with E-state index in [4.69, 9.17) is 11.0 Å². The predicted octanol–water partition coefficient (Wildman–Crippen LogP) is 3.37. The van der Waals surface area contributed by atoms with E-state index in [1.807, 2.05) is 31.0 Å². The first-order valence-electron chi connectivity index (χ1n) is 5.69. The zero-order valence-corrected chi connectivity index (χ0v) is 12.3. The summed E-state index contributed by atoms with van der Waals surface area (Å²) in [5.74, 6) is 0.788. The molecular weight excluding hydrogens is 304 g/mol. The van der Waals surface area contributed by atoms with Gasteiger partial charge in [0.25, 0.3) is 0 Å². The largest absolute Gasteiger partial charge is 0.397 e. The summed E-state index contributed by atoms with van der Waals surface area (Å²) in [7, 11) is 1.92. The minimum atomic E-state index is 0.637. The van der Waals surface area contributed by atoms with Gasteiger partial charge >= 0.3 is 0 Å². The highest BCUT2D eigenvalue weighted by Gasteiger charge is 2.13. The molecule has 0 aliphatic rings. The molecule has 19 heavy (non-hydrogen) atoms. The second-order valence-corrected chi connectivity index (χ2v) is 4.99. The molecule has 1 aromatic heterocycles. The number of nitrogens with zero attached hydrogens (tertiary/aromatic N) is 3. The monoisotopic (exact) mass is 316 g/mol. The maximum atomic E-state index is 8.80. The molecule has 0 atom stereocenters. The Hall–Kier alpha value is -2.06. The Labute approximate surface area is 120 Å². The normalized spacial score (nSPS) is 10.0. The lowest BCUT2D eigenvalue weighted by Crippen LogP contribution is -2.13. The molecule has 0 saturated heterocycles. The highest BCUT2D eigenvalue weighted by atomic mass is 79.9. The van der Waals surface area contributed by atoms with Crippen LogP contribution < -0.4 is 10.6 Å². The van der Waals surface area contributed by atoms with Crippen molar-refractivity contribution in [1.82, 2.24) is 4.98 Å². The molecule has 0 spiro atoms. The summed E-state index contributed by atoms with van der Waals surface area (Å²) in [4.78, 5) is 6.29. The molecule has 1 aromatic carbocycles. The van der Waals surface area contributed by atoms with Gasteiger partial charge < -0.3 is 10.6 Å². The molecule has 1 heterocycles. The fourth-order valence-corrected chi connectivity index (χ4v) is 2.29. The maximum absolute atomic E-state index is 8.80. The zero-order chi connectivity index (χ0) is 14.0. The van der Waals surface area contributed by atoms with Crippen LogP contribution in [-0.4, -0.2) is 12.0 Å². The Balaban J connectivity index is 2.41. The van der Waals surface area contributed by atoms with Crippen molar-refractivity contribution >= 4 is 33.1 Å². The molecule has 2 rings (SSSR count). The molecule has 4 nitrogen and oxygen atoms in total. The van der Waals surface area contributed by atoms with Crippen LogP contribution in [0.25, 0.3) is 0 Å². The fourth-order valence-electron chi connectivity index (χ4n) is 1.69. The summed E-state index contributed by atoms with van der Waals surface area (Å²) in [6.07, 6.45) is 1.65. The molecule has 96 valence electrons. The van der Waals surface area contributed by atoms with Gasteiger partial charge in [-0.15, -0.1) is 0 Å². The number of benzene rings is 1. The van der Waals surface area contributed by atoms with Crippen LogP contribution in [-0.2, 0) is 0 Å². The number of anilines is 3. The standard InChI is InChI=1S/C14H13BrN4/c1-9-12(17)8-18-14(13(9)15)19(2)11-5-3-10(7-16)4-6-11/h3-6,8H,17H2,1-2H3. The number of pyridine rings is 1. The molecular formula is C14H13BrN4. The molecule has 0 saturated carbocycles. The third-order valence-corrected chi connectivity index (χ3v) is 3.94. The van der Waals surface area contributed by atoms with Crippen LogP contribution in [0.4, 0.5) is 17.2 Å². The van der Waals surface area contributed by atoms with Crippen molar-refractivity contribution in [1.29, 1.82) is 5.26 Å². The topological polar surface area (TPSA) is 65.9 Å². The summed E-state index contributed by atoms with van der Waals surface area (Å²) >= 11 is 3.52. The lowest BCUT2D eigenvalue weighted by Gasteiger charge is -2.21. The van der Waals surface area contributed by atoms with Gasteiger partial charge in [0.2, 0.25) is 0 Å². The third-order valence-electron chi connectivity index (χ3n) is 2.99. The molecule has 2 aromatic rings. The van der Waals surface area contributed by atoms with Gasteiger partial charge in [-0.1, -0.05) is 0 Å². The van der Waals surface area contributed by atoms with Crippen molar-refractivity contribution in [2.24, 2.45) is 0 Å². The summed E-state index contributed by atoms with van der Waals surface area (Å²) in [5, 5.41) is 8.80. The van der Waals surface area contributed by atoms with E-state index in [2.05, 4.69) is 27.0 Å². The first-order valence-corrected chi connectivity index (χ1v) is 6.48. The van der Waals surface area contributed by atoms with Crippen LogP contribution in [0.5, 0.6) is 0 Å². The van der Waals surface area contributed by atoms with Crippen molar-refractivity contribution in [3.05, 3.63) is 46.1 Å². The van der Waals surface area contributed by atoms with Crippen molar-refractivity contribution in [3.63, 3.8) is 0 Å². The molecule has 0 aliphatic carbocycles. The number of halogens is 1. The van der Waals surface area contributed by atoms with Crippen LogP contribution in [0.15, 0.2) is 34.9 Å². The molecule has 0 fully saturated rings. The van der Waals surface area contributed by atoms with Crippen LogP contribution in [0.2, 0.25) is 0 Å². The van der Waals surface area contributed by atoms with E-state index in [1.165, 1.54) is 0 Å². The van der Waals surface area contributed by atoms with Crippen molar-refractivity contribution in [2.75, 3.05) is 17.7 Å². The van der Waals surface area contributed by atoms with E-state index in [0.717, 1.165) is 21.5 Å². The van der Waals surface area contributed by atoms with Gasteiger partial charge in [0, 0.05) is 12.7 Å². The highest BCUT2D eigenvalue weighted by molar-refractivity contribution is 9.10. The average Bonchev–Trinajstić information content (AvgIpc) is 2.44. The van der Waals surface area contributed by atoms with E-state index in [-0.39, 0.29) is 0 Å². The summed E-state index contributed by atoms with van der Waals surface area (Å²) in [6, 6.07) is 9.44. The second kappa shape index (κ2) is 5.29. The Bertz CT molecular complexity index is 644. The van der Waals surface area contributed by atoms with E-state index >= 15 is 0 Å². The van der Waals surface area contributed by atoms with Crippen molar-refractivity contribution in [2.45, 2.75) is 6.92 Å². The first kappa shape index (κ1) is 13.4. The number of rotatable bonds is 2. The molecule has 0 radical (unpaired) electrons. The third kappa shape index (κ3) is 2.54. The Morgan fingerprint density at radius 2 is 1.95 bits per heavy atom. The summed E-state index contributed by atoms with van der Waals surface area (Å²) in [5.41, 5.74) is 9.03. The molecule has 2 N–H and O–H groups in total. The summed E-state index contributed by atoms with van der Waals surface area (Å²) in [6.45, 7) is 1.94. The van der Waals surface area contributed by atoms with E-state index < -0.39 is 0 Å². The van der Waals surface area contributed by atoms with Gasteiger partial charge in [-0.05, 0) is 52.7 Å². The minimum Gasteiger partial charge on any atom is -0.397 e. The number of hydrogen-bond acceptors (Lipinski definition) is 4. The molecule has 0 aliphatic heterocycles. The number of hydrogen-bond donors (Lipinski definition) is 1. The molecule has 5 heteroatoms. The van der Waals surface area contributed by atoms with Gasteiger partial charge in [-0.2, -0.15) is 5.26 Å². The second-order valence-electron chi connectivity index (χ2n) is 4.19. The van der Waals surface area contributed by atoms with Gasteiger partial charge in [-0.25, -0.2) is 4.98 Å².